The number of urea groups is 1. The molecule has 6 nitrogen and oxygen atoms in total. The van der Waals surface area contributed by atoms with Crippen molar-refractivity contribution in [3.8, 4) is 5.75 Å². The Bertz CT molecular complexity index is 1210. The average Bonchev–Trinajstić information content (AvgIpc) is 3.56. The second-order valence-corrected chi connectivity index (χ2v) is 10.5. The summed E-state index contributed by atoms with van der Waals surface area (Å²) in [5, 5.41) is 4.99. The van der Waals surface area contributed by atoms with Crippen LogP contribution in [-0.4, -0.2) is 48.0 Å². The molecule has 5 rings (SSSR count). The summed E-state index contributed by atoms with van der Waals surface area (Å²) in [5.74, 6) is 0.582. The van der Waals surface area contributed by atoms with Gasteiger partial charge in [-0.15, -0.1) is 11.3 Å². The van der Waals surface area contributed by atoms with Crippen LogP contribution in [0.15, 0.2) is 60.0 Å². The number of anilines is 1. The SMILES string of the molecule is Cc1ccc(NC(=O)N(CC(=O)N2CCc3sccc3[C@@H]2COc2ccc(F)cc2)CC2CC2)cc1. The highest BCUT2D eigenvalue weighted by Gasteiger charge is 2.35. The number of carbonyl (C=O) groups excluding carboxylic acids is 2. The van der Waals surface area contributed by atoms with Gasteiger partial charge in [0.1, 0.15) is 24.7 Å². The monoisotopic (exact) mass is 507 g/mol. The van der Waals surface area contributed by atoms with E-state index in [1.165, 1.54) is 17.0 Å². The molecule has 1 saturated carbocycles. The third-order valence-corrected chi connectivity index (χ3v) is 7.72. The highest BCUT2D eigenvalue weighted by Crippen LogP contribution is 2.34. The summed E-state index contributed by atoms with van der Waals surface area (Å²) in [6.45, 7) is 3.41. The summed E-state index contributed by atoms with van der Waals surface area (Å²) >= 11 is 1.69. The quantitative estimate of drug-likeness (QED) is 0.429. The fourth-order valence-electron chi connectivity index (χ4n) is 4.51. The van der Waals surface area contributed by atoms with Crippen molar-refractivity contribution in [2.75, 3.05) is 31.6 Å². The first-order valence-corrected chi connectivity index (χ1v) is 13.2. The van der Waals surface area contributed by atoms with Crippen molar-refractivity contribution in [2.24, 2.45) is 5.92 Å². The number of thiophene rings is 1. The maximum absolute atomic E-state index is 13.6. The number of nitrogens with zero attached hydrogens (tertiary/aromatic N) is 2. The number of aryl methyl sites for hydroxylation is 1. The Morgan fingerprint density at radius 1 is 1.11 bits per heavy atom. The largest absolute Gasteiger partial charge is 0.491 e. The number of nitrogens with one attached hydrogen (secondary N) is 1. The van der Waals surface area contributed by atoms with Crippen molar-refractivity contribution in [3.63, 3.8) is 0 Å². The van der Waals surface area contributed by atoms with Crippen LogP contribution >= 0.6 is 11.3 Å². The van der Waals surface area contributed by atoms with Crippen molar-refractivity contribution in [3.05, 3.63) is 81.8 Å². The molecule has 8 heteroatoms. The minimum Gasteiger partial charge on any atom is -0.491 e. The van der Waals surface area contributed by atoms with E-state index < -0.39 is 0 Å². The lowest BCUT2D eigenvalue weighted by molar-refractivity contribution is -0.135. The van der Waals surface area contributed by atoms with E-state index in [2.05, 4.69) is 5.32 Å². The zero-order chi connectivity index (χ0) is 25.1. The van der Waals surface area contributed by atoms with Gasteiger partial charge >= 0.3 is 6.03 Å². The summed E-state index contributed by atoms with van der Waals surface area (Å²) in [5.41, 5.74) is 2.91. The van der Waals surface area contributed by atoms with Gasteiger partial charge in [0.25, 0.3) is 0 Å². The summed E-state index contributed by atoms with van der Waals surface area (Å²) in [6.07, 6.45) is 2.95. The maximum atomic E-state index is 13.6. The van der Waals surface area contributed by atoms with E-state index in [9.17, 15) is 14.0 Å². The molecule has 36 heavy (non-hydrogen) atoms. The fourth-order valence-corrected chi connectivity index (χ4v) is 5.43. The Morgan fingerprint density at radius 2 is 1.86 bits per heavy atom. The van der Waals surface area contributed by atoms with Crippen molar-refractivity contribution < 1.29 is 18.7 Å². The standard InChI is InChI=1S/C28H30FN3O3S/c1-19-2-8-22(9-3-19)30-28(34)31(16-20-4-5-20)17-27(33)32-14-12-26-24(13-15-36-26)25(32)18-35-23-10-6-21(29)7-11-23/h2-3,6-11,13,15,20,25H,4-5,12,14,16-18H2,1H3,(H,30,34)/t25-/m0/s1. The van der Waals surface area contributed by atoms with Crippen molar-refractivity contribution in [1.82, 2.24) is 9.80 Å². The third-order valence-electron chi connectivity index (χ3n) is 6.73. The molecular formula is C28H30FN3O3S. The number of ether oxygens (including phenoxy) is 1. The lowest BCUT2D eigenvalue weighted by atomic mass is 10.0. The van der Waals surface area contributed by atoms with Crippen LogP contribution in [0.2, 0.25) is 0 Å². The van der Waals surface area contributed by atoms with Crippen molar-refractivity contribution >= 4 is 29.0 Å². The van der Waals surface area contributed by atoms with E-state index in [0.717, 1.165) is 30.4 Å². The Morgan fingerprint density at radius 3 is 2.58 bits per heavy atom. The van der Waals surface area contributed by atoms with E-state index in [1.54, 1.807) is 28.4 Å². The van der Waals surface area contributed by atoms with Crippen LogP contribution in [0.5, 0.6) is 5.75 Å². The van der Waals surface area contributed by atoms with Crippen molar-refractivity contribution in [2.45, 2.75) is 32.2 Å². The predicted molar refractivity (Wildman–Crippen MR) is 139 cm³/mol. The maximum Gasteiger partial charge on any atom is 0.322 e. The van der Waals surface area contributed by atoms with Gasteiger partial charge in [0, 0.05) is 23.7 Å². The molecule has 1 N–H and O–H groups in total. The molecule has 2 aliphatic rings. The Kier molecular flexibility index (Phi) is 7.23. The number of halogens is 1. The van der Waals surface area contributed by atoms with Crippen LogP contribution in [0.1, 0.15) is 34.9 Å². The summed E-state index contributed by atoms with van der Waals surface area (Å²) in [4.78, 5) is 31.5. The molecule has 1 aliphatic carbocycles. The molecule has 1 aromatic heterocycles. The van der Waals surface area contributed by atoms with E-state index in [-0.39, 0.29) is 36.9 Å². The van der Waals surface area contributed by atoms with Gasteiger partial charge in [0.15, 0.2) is 0 Å². The molecule has 0 bridgehead atoms. The summed E-state index contributed by atoms with van der Waals surface area (Å²) in [7, 11) is 0. The van der Waals surface area contributed by atoms with Gasteiger partial charge in [0.2, 0.25) is 5.91 Å². The molecule has 0 spiro atoms. The Labute approximate surface area is 214 Å². The van der Waals surface area contributed by atoms with E-state index in [1.807, 2.05) is 47.5 Å². The second kappa shape index (κ2) is 10.7. The molecule has 2 heterocycles. The molecule has 3 aromatic rings. The van der Waals surface area contributed by atoms with Gasteiger partial charge in [0.05, 0.1) is 6.04 Å². The number of hydrogen-bond donors (Lipinski definition) is 1. The number of hydrogen-bond acceptors (Lipinski definition) is 4. The normalized spacial score (nSPS) is 16.8. The van der Waals surface area contributed by atoms with E-state index in [4.69, 9.17) is 4.74 Å². The fraction of sp³-hybridized carbons (Fsp3) is 0.357. The summed E-state index contributed by atoms with van der Waals surface area (Å²) in [6, 6.07) is 15.1. The van der Waals surface area contributed by atoms with Gasteiger partial charge in [-0.25, -0.2) is 9.18 Å². The minimum absolute atomic E-state index is 0.0146. The van der Waals surface area contributed by atoms with Gasteiger partial charge in [-0.1, -0.05) is 17.7 Å². The van der Waals surface area contributed by atoms with Crippen molar-refractivity contribution in [1.29, 1.82) is 0 Å². The number of amides is 3. The highest BCUT2D eigenvalue weighted by molar-refractivity contribution is 7.10. The second-order valence-electron chi connectivity index (χ2n) is 9.54. The molecule has 0 saturated heterocycles. The zero-order valence-electron chi connectivity index (χ0n) is 20.3. The molecule has 188 valence electrons. The Balaban J connectivity index is 1.29. The average molecular weight is 508 g/mol. The van der Waals surface area contributed by atoms with Gasteiger partial charge in [-0.3, -0.25) is 4.79 Å². The molecule has 3 amide bonds. The predicted octanol–water partition coefficient (Wildman–Crippen LogP) is 5.64. The Hall–Kier alpha value is -3.39. The lowest BCUT2D eigenvalue weighted by Crippen LogP contribution is -2.49. The first-order valence-electron chi connectivity index (χ1n) is 12.3. The molecule has 0 radical (unpaired) electrons. The number of benzene rings is 2. The van der Waals surface area contributed by atoms with Gasteiger partial charge in [-0.05, 0) is 85.5 Å². The van der Waals surface area contributed by atoms with E-state index in [0.29, 0.717) is 30.4 Å². The molecule has 1 fully saturated rings. The van der Waals surface area contributed by atoms with Crippen LogP contribution < -0.4 is 10.1 Å². The highest BCUT2D eigenvalue weighted by atomic mass is 32.1. The van der Waals surface area contributed by atoms with Crippen LogP contribution in [-0.2, 0) is 11.2 Å². The third kappa shape index (κ3) is 5.87. The number of fused-ring (bicyclic) bond motifs is 1. The topological polar surface area (TPSA) is 61.9 Å². The van der Waals surface area contributed by atoms with Gasteiger partial charge < -0.3 is 19.9 Å². The number of carbonyl (C=O) groups is 2. The molecule has 1 atom stereocenters. The molecule has 1 aliphatic heterocycles. The smallest absolute Gasteiger partial charge is 0.322 e. The molecular weight excluding hydrogens is 477 g/mol. The molecule has 2 aromatic carbocycles. The van der Waals surface area contributed by atoms with Crippen LogP contribution in [0, 0.1) is 18.7 Å². The van der Waals surface area contributed by atoms with Crippen LogP contribution in [0.25, 0.3) is 0 Å². The lowest BCUT2D eigenvalue weighted by Gasteiger charge is -2.37. The first-order chi connectivity index (χ1) is 17.5. The minimum atomic E-state index is -0.323. The summed E-state index contributed by atoms with van der Waals surface area (Å²) < 4.78 is 19.3. The van der Waals surface area contributed by atoms with E-state index >= 15 is 0 Å². The number of rotatable bonds is 8. The van der Waals surface area contributed by atoms with Gasteiger partial charge in [-0.2, -0.15) is 0 Å². The van der Waals surface area contributed by atoms with Crippen LogP contribution in [0.4, 0.5) is 14.9 Å². The zero-order valence-corrected chi connectivity index (χ0v) is 21.1. The van der Waals surface area contributed by atoms with Crippen LogP contribution in [0.3, 0.4) is 0 Å². The first kappa shape index (κ1) is 24.3. The molecule has 0 unspecified atom stereocenters.